The summed E-state index contributed by atoms with van der Waals surface area (Å²) in [5, 5.41) is 11.8. The lowest BCUT2D eigenvalue weighted by Crippen LogP contribution is -2.43. The molecule has 8 heteroatoms. The second kappa shape index (κ2) is 14.0. The number of carbonyl (C=O) groups is 3. The number of halogens is 2. The van der Waals surface area contributed by atoms with Crippen LogP contribution < -0.4 is 10.2 Å². The Balaban J connectivity index is 0.00000118. The number of nitrogens with zero attached hydrogens (tertiary/aromatic N) is 1. The molecule has 3 rings (SSSR count). The molecule has 2 N–H and O–H groups in total. The molecule has 2 amide bonds. The van der Waals surface area contributed by atoms with Crippen LogP contribution in [0.2, 0.25) is 0 Å². The minimum Gasteiger partial charge on any atom is -0.480 e. The molecule has 0 saturated heterocycles. The highest BCUT2D eigenvalue weighted by Crippen LogP contribution is 2.22. The van der Waals surface area contributed by atoms with Crippen molar-refractivity contribution in [3.63, 3.8) is 0 Å². The van der Waals surface area contributed by atoms with Crippen molar-refractivity contribution in [2.45, 2.75) is 53.6 Å². The molecule has 1 unspecified atom stereocenters. The molecule has 0 heterocycles. The van der Waals surface area contributed by atoms with Gasteiger partial charge in [0.15, 0.2) is 0 Å². The number of hydrogen-bond donors (Lipinski definition) is 2. The largest absolute Gasteiger partial charge is 0.480 e. The maximum absolute atomic E-state index is 13.9. The van der Waals surface area contributed by atoms with Crippen molar-refractivity contribution in [1.29, 1.82) is 0 Å². The second-order valence-electron chi connectivity index (χ2n) is 9.61. The van der Waals surface area contributed by atoms with E-state index in [4.69, 9.17) is 0 Å². The number of aliphatic carboxylic acids is 1. The van der Waals surface area contributed by atoms with Crippen molar-refractivity contribution in [3.05, 3.63) is 101 Å². The van der Waals surface area contributed by atoms with E-state index >= 15 is 0 Å². The predicted octanol–water partition coefficient (Wildman–Crippen LogP) is 5.91. The molecule has 0 radical (unpaired) electrons. The number of para-hydroxylation sites is 1. The van der Waals surface area contributed by atoms with E-state index in [-0.39, 0.29) is 18.9 Å². The third-order valence-corrected chi connectivity index (χ3v) is 5.35. The van der Waals surface area contributed by atoms with Crippen LogP contribution in [0.4, 0.5) is 14.5 Å². The fraction of sp³-hybridized carbons (Fsp3) is 0.300. The van der Waals surface area contributed by atoms with Gasteiger partial charge in [0.1, 0.15) is 23.2 Å². The van der Waals surface area contributed by atoms with E-state index in [0.717, 1.165) is 40.9 Å². The Kier molecular flexibility index (Phi) is 11.1. The van der Waals surface area contributed by atoms with Crippen molar-refractivity contribution >= 4 is 23.5 Å². The molecular formula is C30H34F2N2O4. The molecule has 38 heavy (non-hydrogen) atoms. The first kappa shape index (κ1) is 30.2. The molecule has 0 bridgehead atoms. The molecule has 6 nitrogen and oxygen atoms in total. The smallest absolute Gasteiger partial charge is 0.326 e. The fourth-order valence-corrected chi connectivity index (χ4v) is 3.65. The molecule has 3 aromatic rings. The lowest BCUT2D eigenvalue weighted by molar-refractivity contribution is -0.139. The van der Waals surface area contributed by atoms with E-state index in [1.165, 1.54) is 6.92 Å². The number of aryl methyl sites for hydroxylation is 1. The highest BCUT2D eigenvalue weighted by atomic mass is 19.1. The molecule has 0 spiro atoms. The minimum absolute atomic E-state index is 0.116. The van der Waals surface area contributed by atoms with E-state index in [1.54, 1.807) is 29.2 Å². The molecule has 3 aromatic carbocycles. The van der Waals surface area contributed by atoms with Gasteiger partial charge >= 0.3 is 5.97 Å². The number of anilines is 1. The molecule has 0 fully saturated rings. The Hall–Kier alpha value is -4.07. The SMILES string of the molecule is CC(=O)N(Cc1cccc(CC(NC(=O)c2c(F)cccc2F)C(=O)O)c1)c1ccccc1C.CC(C)C. The molecule has 0 aliphatic heterocycles. The number of amides is 2. The molecular weight excluding hydrogens is 490 g/mol. The summed E-state index contributed by atoms with van der Waals surface area (Å²) in [6.45, 7) is 10.1. The zero-order chi connectivity index (χ0) is 28.4. The zero-order valence-electron chi connectivity index (χ0n) is 22.3. The normalized spacial score (nSPS) is 11.3. The monoisotopic (exact) mass is 524 g/mol. The van der Waals surface area contributed by atoms with Gasteiger partial charge in [-0.05, 0) is 47.7 Å². The number of carbonyl (C=O) groups excluding carboxylic acids is 2. The Morgan fingerprint density at radius 3 is 2.00 bits per heavy atom. The van der Waals surface area contributed by atoms with E-state index in [0.29, 0.717) is 5.56 Å². The molecule has 0 aliphatic carbocycles. The van der Waals surface area contributed by atoms with Crippen LogP contribution in [0, 0.1) is 24.5 Å². The predicted molar refractivity (Wildman–Crippen MR) is 144 cm³/mol. The van der Waals surface area contributed by atoms with Gasteiger partial charge in [-0.1, -0.05) is 69.3 Å². The topological polar surface area (TPSA) is 86.7 Å². The third kappa shape index (κ3) is 8.80. The first-order valence-electron chi connectivity index (χ1n) is 12.3. The van der Waals surface area contributed by atoms with Gasteiger partial charge < -0.3 is 15.3 Å². The van der Waals surface area contributed by atoms with Gasteiger partial charge in [0.2, 0.25) is 5.91 Å². The average molecular weight is 525 g/mol. The lowest BCUT2D eigenvalue weighted by atomic mass is 10.0. The Labute approximate surface area is 222 Å². The van der Waals surface area contributed by atoms with Crippen LogP contribution >= 0.6 is 0 Å². The van der Waals surface area contributed by atoms with Gasteiger partial charge in [-0.25, -0.2) is 13.6 Å². The Bertz CT molecular complexity index is 1250. The highest BCUT2D eigenvalue weighted by Gasteiger charge is 2.25. The van der Waals surface area contributed by atoms with Crippen LogP contribution in [-0.4, -0.2) is 28.9 Å². The standard InChI is InChI=1S/C26H24F2N2O4.C4H10/c1-16-7-3-4-12-23(16)30(17(2)31)15-19-9-5-8-18(13-19)14-22(26(33)34)29-25(32)24-20(27)10-6-11-21(24)28;1-4(2)3/h3-13,22H,14-15H2,1-2H3,(H,29,32)(H,33,34);4H,1-3H3. The maximum atomic E-state index is 13.9. The third-order valence-electron chi connectivity index (χ3n) is 5.35. The molecule has 202 valence electrons. The van der Waals surface area contributed by atoms with Crippen molar-refractivity contribution in [1.82, 2.24) is 5.32 Å². The lowest BCUT2D eigenvalue weighted by Gasteiger charge is -2.23. The van der Waals surface area contributed by atoms with Gasteiger partial charge in [-0.3, -0.25) is 9.59 Å². The van der Waals surface area contributed by atoms with Gasteiger partial charge in [0.25, 0.3) is 5.91 Å². The summed E-state index contributed by atoms with van der Waals surface area (Å²) in [5.74, 6) is -3.97. The van der Waals surface area contributed by atoms with Gasteiger partial charge in [0, 0.05) is 19.0 Å². The van der Waals surface area contributed by atoms with Crippen LogP contribution in [0.3, 0.4) is 0 Å². The van der Waals surface area contributed by atoms with Gasteiger partial charge in [-0.15, -0.1) is 0 Å². The summed E-state index contributed by atoms with van der Waals surface area (Å²) in [7, 11) is 0. The first-order chi connectivity index (χ1) is 17.9. The first-order valence-corrected chi connectivity index (χ1v) is 12.3. The summed E-state index contributed by atoms with van der Waals surface area (Å²) >= 11 is 0. The number of carboxylic acids is 1. The van der Waals surface area contributed by atoms with Gasteiger partial charge in [0.05, 0.1) is 6.54 Å². The number of nitrogens with one attached hydrogen (secondary N) is 1. The zero-order valence-corrected chi connectivity index (χ0v) is 22.3. The Morgan fingerprint density at radius 1 is 0.895 bits per heavy atom. The van der Waals surface area contributed by atoms with Crippen LogP contribution in [0.25, 0.3) is 0 Å². The van der Waals surface area contributed by atoms with E-state index < -0.39 is 35.1 Å². The number of carboxylic acid groups (broad SMARTS) is 1. The van der Waals surface area contributed by atoms with Crippen LogP contribution in [0.1, 0.15) is 54.7 Å². The Morgan fingerprint density at radius 2 is 1.45 bits per heavy atom. The summed E-state index contributed by atoms with van der Waals surface area (Å²) in [5.41, 5.74) is 2.20. The van der Waals surface area contributed by atoms with Crippen molar-refractivity contribution in [3.8, 4) is 0 Å². The van der Waals surface area contributed by atoms with Gasteiger partial charge in [-0.2, -0.15) is 0 Å². The number of benzene rings is 3. The fourth-order valence-electron chi connectivity index (χ4n) is 3.65. The molecule has 0 aliphatic rings. The number of rotatable bonds is 8. The summed E-state index contributed by atoms with van der Waals surface area (Å²) in [6, 6.07) is 16.0. The van der Waals surface area contributed by atoms with Crippen molar-refractivity contribution in [2.24, 2.45) is 5.92 Å². The molecule has 1 atom stereocenters. The quantitative estimate of drug-likeness (QED) is 0.383. The maximum Gasteiger partial charge on any atom is 0.326 e. The van der Waals surface area contributed by atoms with Crippen molar-refractivity contribution in [2.75, 3.05) is 4.90 Å². The van der Waals surface area contributed by atoms with Crippen molar-refractivity contribution < 1.29 is 28.3 Å². The van der Waals surface area contributed by atoms with Crippen LogP contribution in [-0.2, 0) is 22.6 Å². The van der Waals surface area contributed by atoms with E-state index in [1.807, 2.05) is 31.2 Å². The summed E-state index contributed by atoms with van der Waals surface area (Å²) in [4.78, 5) is 38.0. The molecule has 0 saturated carbocycles. The number of hydrogen-bond acceptors (Lipinski definition) is 3. The minimum atomic E-state index is -1.41. The van der Waals surface area contributed by atoms with E-state index in [2.05, 4.69) is 26.1 Å². The highest BCUT2D eigenvalue weighted by molar-refractivity contribution is 5.97. The molecule has 0 aromatic heterocycles. The summed E-state index contributed by atoms with van der Waals surface area (Å²) < 4.78 is 27.8. The average Bonchev–Trinajstić information content (AvgIpc) is 2.82. The summed E-state index contributed by atoms with van der Waals surface area (Å²) in [6.07, 6.45) is -0.116. The van der Waals surface area contributed by atoms with Crippen LogP contribution in [0.5, 0.6) is 0 Å². The van der Waals surface area contributed by atoms with Crippen LogP contribution in [0.15, 0.2) is 66.7 Å². The van der Waals surface area contributed by atoms with E-state index in [9.17, 15) is 28.3 Å². The second-order valence-corrected chi connectivity index (χ2v) is 9.61.